The Morgan fingerprint density at radius 2 is 2.25 bits per heavy atom. The van der Waals surface area contributed by atoms with Crippen LogP contribution < -0.4 is 0 Å². The van der Waals surface area contributed by atoms with E-state index in [1.165, 1.54) is 11.1 Å². The van der Waals surface area contributed by atoms with Crippen LogP contribution in [0, 0.1) is 11.8 Å². The van der Waals surface area contributed by atoms with Gasteiger partial charge in [0.25, 0.3) is 0 Å². The lowest BCUT2D eigenvalue weighted by molar-refractivity contribution is -0.145. The normalized spacial score (nSPS) is 30.2. The first kappa shape index (κ1) is 9.88. The van der Waals surface area contributed by atoms with Gasteiger partial charge in [0.2, 0.25) is 0 Å². The fourth-order valence-electron chi connectivity index (χ4n) is 3.13. The molecule has 1 aromatic carbocycles. The van der Waals surface area contributed by atoms with E-state index < -0.39 is 0 Å². The van der Waals surface area contributed by atoms with Gasteiger partial charge in [0.15, 0.2) is 0 Å². The lowest BCUT2D eigenvalue weighted by Crippen LogP contribution is -2.08. The molecule has 3 atom stereocenters. The molecular formula is C14H16O2. The van der Waals surface area contributed by atoms with Gasteiger partial charge in [-0.3, -0.25) is 4.79 Å². The molecule has 0 N–H and O–H groups in total. The third-order valence-electron chi connectivity index (χ3n) is 3.89. The number of ether oxygens (including phenoxy) is 1. The maximum atomic E-state index is 11.8. The summed E-state index contributed by atoms with van der Waals surface area (Å²) in [7, 11) is 0. The smallest absolute Gasteiger partial charge is 0.309 e. The highest BCUT2D eigenvalue weighted by molar-refractivity contribution is 5.78. The summed E-state index contributed by atoms with van der Waals surface area (Å²) < 4.78 is 5.13. The lowest BCUT2D eigenvalue weighted by atomic mass is 9.92. The molecule has 0 aromatic heterocycles. The molecule has 0 heterocycles. The molecular weight excluding hydrogens is 200 g/mol. The molecule has 2 aliphatic carbocycles. The van der Waals surface area contributed by atoms with Crippen molar-refractivity contribution < 1.29 is 9.53 Å². The zero-order valence-electron chi connectivity index (χ0n) is 9.48. The van der Waals surface area contributed by atoms with Crippen LogP contribution in [-0.2, 0) is 16.0 Å². The van der Waals surface area contributed by atoms with Gasteiger partial charge in [-0.1, -0.05) is 24.3 Å². The molecule has 0 aliphatic heterocycles. The van der Waals surface area contributed by atoms with Crippen LogP contribution in [0.1, 0.15) is 30.4 Å². The van der Waals surface area contributed by atoms with E-state index in [2.05, 4.69) is 24.3 Å². The van der Waals surface area contributed by atoms with Crippen molar-refractivity contribution in [1.82, 2.24) is 0 Å². The average Bonchev–Trinajstić information content (AvgIpc) is 3.04. The highest BCUT2D eigenvalue weighted by Gasteiger charge is 2.57. The summed E-state index contributed by atoms with van der Waals surface area (Å²) in [5, 5.41) is 0. The van der Waals surface area contributed by atoms with Gasteiger partial charge in [0.05, 0.1) is 12.5 Å². The van der Waals surface area contributed by atoms with E-state index in [1.807, 2.05) is 6.92 Å². The third-order valence-corrected chi connectivity index (χ3v) is 3.89. The average molecular weight is 216 g/mol. The maximum absolute atomic E-state index is 11.8. The molecule has 0 saturated heterocycles. The van der Waals surface area contributed by atoms with Crippen molar-refractivity contribution in [1.29, 1.82) is 0 Å². The second kappa shape index (κ2) is 3.62. The minimum Gasteiger partial charge on any atom is -0.466 e. The Morgan fingerprint density at radius 3 is 3.06 bits per heavy atom. The van der Waals surface area contributed by atoms with E-state index in [0.717, 1.165) is 12.8 Å². The Kier molecular flexibility index (Phi) is 2.23. The molecule has 0 spiro atoms. The van der Waals surface area contributed by atoms with Gasteiger partial charge in [-0.25, -0.2) is 0 Å². The van der Waals surface area contributed by atoms with Crippen LogP contribution in [0.2, 0.25) is 0 Å². The molecule has 2 heteroatoms. The molecule has 2 aliphatic rings. The summed E-state index contributed by atoms with van der Waals surface area (Å²) in [6.45, 7) is 2.37. The molecule has 0 bridgehead atoms. The Hall–Kier alpha value is -1.31. The lowest BCUT2D eigenvalue weighted by Gasteiger charge is -2.13. The standard InChI is InChI=1S/C14H16O2/c1-2-16-14(15)13-11-8-7-9-5-3-4-6-10(9)12(11)13/h3-6,11-13H,2,7-8H2,1H3/t11-,12-,13-/m1/s1. The SMILES string of the molecule is CCOC(=O)[C@@H]1[C@@H]2CCc3ccccc3[C@H]21. The van der Waals surface area contributed by atoms with Crippen LogP contribution in [0.15, 0.2) is 24.3 Å². The topological polar surface area (TPSA) is 26.3 Å². The second-order valence-electron chi connectivity index (χ2n) is 4.70. The summed E-state index contributed by atoms with van der Waals surface area (Å²) in [5.41, 5.74) is 2.81. The van der Waals surface area contributed by atoms with Gasteiger partial charge in [0, 0.05) is 5.92 Å². The number of hydrogen-bond donors (Lipinski definition) is 0. The van der Waals surface area contributed by atoms with Gasteiger partial charge in [-0.15, -0.1) is 0 Å². The summed E-state index contributed by atoms with van der Waals surface area (Å²) in [6, 6.07) is 8.51. The summed E-state index contributed by atoms with van der Waals surface area (Å²) in [5.74, 6) is 1.15. The third kappa shape index (κ3) is 1.36. The van der Waals surface area contributed by atoms with Crippen molar-refractivity contribution >= 4 is 5.97 Å². The first-order valence-corrected chi connectivity index (χ1v) is 6.07. The summed E-state index contributed by atoms with van der Waals surface area (Å²) in [4.78, 5) is 11.8. The summed E-state index contributed by atoms with van der Waals surface area (Å²) >= 11 is 0. The molecule has 1 aromatic rings. The maximum Gasteiger partial charge on any atom is 0.309 e. The van der Waals surface area contributed by atoms with Crippen molar-refractivity contribution in [3.05, 3.63) is 35.4 Å². The van der Waals surface area contributed by atoms with Crippen molar-refractivity contribution in [3.8, 4) is 0 Å². The summed E-state index contributed by atoms with van der Waals surface area (Å²) in [6.07, 6.45) is 2.26. The molecule has 0 unspecified atom stereocenters. The Morgan fingerprint density at radius 1 is 1.44 bits per heavy atom. The van der Waals surface area contributed by atoms with Crippen molar-refractivity contribution in [3.63, 3.8) is 0 Å². The van der Waals surface area contributed by atoms with Crippen LogP contribution >= 0.6 is 0 Å². The number of esters is 1. The number of rotatable bonds is 2. The van der Waals surface area contributed by atoms with Crippen LogP contribution in [0.5, 0.6) is 0 Å². The molecule has 16 heavy (non-hydrogen) atoms. The Bertz CT molecular complexity index is 424. The quantitative estimate of drug-likeness (QED) is 0.710. The second-order valence-corrected chi connectivity index (χ2v) is 4.70. The molecule has 0 radical (unpaired) electrons. The van der Waals surface area contributed by atoms with Crippen molar-refractivity contribution in [2.24, 2.45) is 11.8 Å². The predicted octanol–water partition coefficient (Wildman–Crippen LogP) is 2.53. The highest BCUT2D eigenvalue weighted by Crippen LogP contribution is 2.60. The van der Waals surface area contributed by atoms with E-state index in [-0.39, 0.29) is 11.9 Å². The van der Waals surface area contributed by atoms with E-state index >= 15 is 0 Å². The molecule has 2 nitrogen and oxygen atoms in total. The Labute approximate surface area is 95.6 Å². The van der Waals surface area contributed by atoms with Gasteiger partial charge in [-0.2, -0.15) is 0 Å². The molecule has 1 saturated carbocycles. The molecule has 84 valence electrons. The zero-order valence-corrected chi connectivity index (χ0v) is 9.48. The van der Waals surface area contributed by atoms with Crippen molar-refractivity contribution in [2.75, 3.05) is 6.61 Å². The predicted molar refractivity (Wildman–Crippen MR) is 61.1 cm³/mol. The number of aryl methyl sites for hydroxylation is 1. The minimum absolute atomic E-state index is 0.00852. The fraction of sp³-hybridized carbons (Fsp3) is 0.500. The number of benzene rings is 1. The number of fused-ring (bicyclic) bond motifs is 3. The minimum atomic E-state index is 0.00852. The number of hydrogen-bond acceptors (Lipinski definition) is 2. The first-order chi connectivity index (χ1) is 7.83. The van der Waals surface area contributed by atoms with E-state index in [1.54, 1.807) is 0 Å². The number of carbonyl (C=O) groups excluding carboxylic acids is 1. The van der Waals surface area contributed by atoms with Gasteiger partial charge >= 0.3 is 5.97 Å². The molecule has 0 amide bonds. The van der Waals surface area contributed by atoms with E-state index in [0.29, 0.717) is 18.4 Å². The largest absolute Gasteiger partial charge is 0.466 e. The monoisotopic (exact) mass is 216 g/mol. The van der Waals surface area contributed by atoms with E-state index in [9.17, 15) is 4.79 Å². The Balaban J connectivity index is 1.85. The highest BCUT2D eigenvalue weighted by atomic mass is 16.5. The zero-order chi connectivity index (χ0) is 11.1. The van der Waals surface area contributed by atoms with Crippen LogP contribution in [0.25, 0.3) is 0 Å². The van der Waals surface area contributed by atoms with Crippen molar-refractivity contribution in [2.45, 2.75) is 25.7 Å². The van der Waals surface area contributed by atoms with Crippen LogP contribution in [-0.4, -0.2) is 12.6 Å². The van der Waals surface area contributed by atoms with E-state index in [4.69, 9.17) is 4.74 Å². The first-order valence-electron chi connectivity index (χ1n) is 6.07. The fourth-order valence-corrected chi connectivity index (χ4v) is 3.13. The van der Waals surface area contributed by atoms with Gasteiger partial charge < -0.3 is 4.74 Å². The van der Waals surface area contributed by atoms with Gasteiger partial charge in [0.1, 0.15) is 0 Å². The molecule has 1 fully saturated rings. The molecule has 3 rings (SSSR count). The number of carbonyl (C=O) groups is 1. The van der Waals surface area contributed by atoms with Crippen LogP contribution in [0.4, 0.5) is 0 Å². The van der Waals surface area contributed by atoms with Crippen LogP contribution in [0.3, 0.4) is 0 Å². The van der Waals surface area contributed by atoms with Gasteiger partial charge in [-0.05, 0) is 36.8 Å².